The molecule has 0 amide bonds. The maximum atomic E-state index is 4.39. The molecule has 1 aliphatic carbocycles. The van der Waals surface area contributed by atoms with Gasteiger partial charge in [-0.2, -0.15) is 11.8 Å². The van der Waals surface area contributed by atoms with Crippen molar-refractivity contribution in [2.45, 2.75) is 36.7 Å². The van der Waals surface area contributed by atoms with Gasteiger partial charge in [-0.15, -0.1) is 0 Å². The largest absolute Gasteiger partial charge is 0.388 e. The number of hydrogen-bond acceptors (Lipinski definition) is 3. The molecular weight excluding hydrogens is 204 g/mol. The van der Waals surface area contributed by atoms with E-state index >= 15 is 0 Å². The summed E-state index contributed by atoms with van der Waals surface area (Å²) in [5, 5.41) is 4.03. The molecule has 82 valence electrons. The lowest BCUT2D eigenvalue weighted by molar-refractivity contribution is 0.886. The van der Waals surface area contributed by atoms with Gasteiger partial charge in [0.05, 0.1) is 5.69 Å². The van der Waals surface area contributed by atoms with Crippen LogP contribution in [0.5, 0.6) is 0 Å². The van der Waals surface area contributed by atoms with Crippen LogP contribution in [0, 0.1) is 0 Å². The van der Waals surface area contributed by atoms with Crippen molar-refractivity contribution in [1.82, 2.24) is 4.98 Å². The molecule has 0 radical (unpaired) electrons. The van der Waals surface area contributed by atoms with E-state index in [0.29, 0.717) is 0 Å². The number of thioether (sulfide) groups is 1. The van der Waals surface area contributed by atoms with Gasteiger partial charge in [0.15, 0.2) is 0 Å². The van der Waals surface area contributed by atoms with Crippen LogP contribution in [0.15, 0.2) is 18.3 Å². The number of aromatic nitrogens is 1. The van der Waals surface area contributed by atoms with Crippen molar-refractivity contribution in [2.75, 3.05) is 12.4 Å². The Balaban J connectivity index is 1.86. The fraction of sp³-hybridized carbons (Fsp3) is 0.583. The van der Waals surface area contributed by atoms with E-state index in [1.807, 2.05) is 19.3 Å². The molecule has 0 bridgehead atoms. The quantitative estimate of drug-likeness (QED) is 0.846. The van der Waals surface area contributed by atoms with E-state index in [9.17, 15) is 0 Å². The molecule has 0 aromatic carbocycles. The topological polar surface area (TPSA) is 24.9 Å². The number of nitrogens with one attached hydrogen (secondary N) is 1. The van der Waals surface area contributed by atoms with E-state index in [1.165, 1.54) is 31.4 Å². The first-order valence-corrected chi connectivity index (χ1v) is 6.67. The lowest BCUT2D eigenvalue weighted by Crippen LogP contribution is -1.97. The number of pyridine rings is 1. The first kappa shape index (κ1) is 10.8. The monoisotopic (exact) mass is 222 g/mol. The van der Waals surface area contributed by atoms with Crippen LogP contribution in [0.2, 0.25) is 0 Å². The second-order valence-electron chi connectivity index (χ2n) is 4.00. The van der Waals surface area contributed by atoms with Gasteiger partial charge in [0.25, 0.3) is 0 Å². The minimum atomic E-state index is 0.880. The van der Waals surface area contributed by atoms with Crippen LogP contribution in [0.3, 0.4) is 0 Å². The number of rotatable bonds is 4. The zero-order valence-corrected chi connectivity index (χ0v) is 10.0. The van der Waals surface area contributed by atoms with Crippen molar-refractivity contribution in [3.8, 4) is 0 Å². The summed E-state index contributed by atoms with van der Waals surface area (Å²) in [6, 6.07) is 4.14. The zero-order chi connectivity index (χ0) is 10.5. The van der Waals surface area contributed by atoms with Gasteiger partial charge in [-0.05, 0) is 25.0 Å². The van der Waals surface area contributed by atoms with Crippen LogP contribution >= 0.6 is 11.8 Å². The Kier molecular flexibility index (Phi) is 3.89. The molecule has 1 heterocycles. The van der Waals surface area contributed by atoms with Gasteiger partial charge in [0.2, 0.25) is 0 Å². The SMILES string of the molecule is CNc1ccnc(CSC2CCCC2)c1. The molecular formula is C12H18N2S. The zero-order valence-electron chi connectivity index (χ0n) is 9.20. The van der Waals surface area contributed by atoms with Crippen LogP contribution in [0.4, 0.5) is 5.69 Å². The first-order valence-electron chi connectivity index (χ1n) is 5.63. The highest BCUT2D eigenvalue weighted by molar-refractivity contribution is 7.99. The molecule has 0 aliphatic heterocycles. The Bertz CT molecular complexity index is 308. The summed E-state index contributed by atoms with van der Waals surface area (Å²) in [6.45, 7) is 0. The van der Waals surface area contributed by atoms with Gasteiger partial charge in [-0.1, -0.05) is 12.8 Å². The summed E-state index contributed by atoms with van der Waals surface area (Å²) >= 11 is 2.07. The first-order chi connectivity index (χ1) is 7.38. The fourth-order valence-corrected chi connectivity index (χ4v) is 3.20. The molecule has 1 aromatic heterocycles. The lowest BCUT2D eigenvalue weighted by Gasteiger charge is -2.08. The number of hydrogen-bond donors (Lipinski definition) is 1. The Morgan fingerprint density at radius 1 is 1.47 bits per heavy atom. The molecule has 3 heteroatoms. The molecule has 0 atom stereocenters. The molecule has 1 fully saturated rings. The predicted octanol–water partition coefficient (Wildman–Crippen LogP) is 3.30. The molecule has 1 saturated carbocycles. The minimum absolute atomic E-state index is 0.880. The van der Waals surface area contributed by atoms with Crippen molar-refractivity contribution < 1.29 is 0 Å². The van der Waals surface area contributed by atoms with Crippen LogP contribution in [-0.2, 0) is 5.75 Å². The third kappa shape index (κ3) is 3.13. The van der Waals surface area contributed by atoms with E-state index < -0.39 is 0 Å². The van der Waals surface area contributed by atoms with E-state index in [1.54, 1.807) is 0 Å². The molecule has 0 unspecified atom stereocenters. The van der Waals surface area contributed by atoms with Crippen molar-refractivity contribution in [3.63, 3.8) is 0 Å². The second kappa shape index (κ2) is 5.40. The molecule has 1 aromatic rings. The van der Waals surface area contributed by atoms with Crippen LogP contribution in [0.1, 0.15) is 31.4 Å². The van der Waals surface area contributed by atoms with Gasteiger partial charge >= 0.3 is 0 Å². The summed E-state index contributed by atoms with van der Waals surface area (Å²) in [7, 11) is 1.95. The molecule has 2 rings (SSSR count). The molecule has 1 aliphatic rings. The average Bonchev–Trinajstić information content (AvgIpc) is 2.79. The second-order valence-corrected chi connectivity index (χ2v) is 5.29. The van der Waals surface area contributed by atoms with Crippen molar-refractivity contribution in [3.05, 3.63) is 24.0 Å². The summed E-state index contributed by atoms with van der Waals surface area (Å²) in [6.07, 6.45) is 7.52. The Hall–Kier alpha value is -0.700. The Morgan fingerprint density at radius 2 is 2.27 bits per heavy atom. The molecule has 0 saturated heterocycles. The van der Waals surface area contributed by atoms with Crippen molar-refractivity contribution in [2.24, 2.45) is 0 Å². The third-order valence-corrected chi connectivity index (χ3v) is 4.28. The van der Waals surface area contributed by atoms with Crippen LogP contribution < -0.4 is 5.32 Å². The summed E-state index contributed by atoms with van der Waals surface area (Å²) in [4.78, 5) is 4.39. The smallest absolute Gasteiger partial charge is 0.0523 e. The highest BCUT2D eigenvalue weighted by Gasteiger charge is 2.15. The third-order valence-electron chi connectivity index (χ3n) is 2.87. The van der Waals surface area contributed by atoms with Gasteiger partial charge in [-0.25, -0.2) is 0 Å². The molecule has 1 N–H and O–H groups in total. The summed E-state index contributed by atoms with van der Waals surface area (Å²) in [5.41, 5.74) is 2.35. The van der Waals surface area contributed by atoms with Crippen molar-refractivity contribution in [1.29, 1.82) is 0 Å². The van der Waals surface area contributed by atoms with E-state index in [0.717, 1.165) is 16.7 Å². The number of nitrogens with zero attached hydrogens (tertiary/aromatic N) is 1. The highest BCUT2D eigenvalue weighted by atomic mass is 32.2. The molecule has 15 heavy (non-hydrogen) atoms. The van der Waals surface area contributed by atoms with Gasteiger partial charge in [-0.3, -0.25) is 4.98 Å². The van der Waals surface area contributed by atoms with Gasteiger partial charge in [0, 0.05) is 29.9 Å². The van der Waals surface area contributed by atoms with Crippen molar-refractivity contribution >= 4 is 17.4 Å². The molecule has 0 spiro atoms. The van der Waals surface area contributed by atoms with E-state index in [-0.39, 0.29) is 0 Å². The Labute approximate surface area is 95.9 Å². The normalized spacial score (nSPS) is 16.9. The van der Waals surface area contributed by atoms with Gasteiger partial charge in [0.1, 0.15) is 0 Å². The molecule has 2 nitrogen and oxygen atoms in total. The standard InChI is InChI=1S/C12H18N2S/c1-13-10-6-7-14-11(8-10)9-15-12-4-2-3-5-12/h6-8,12H,2-5,9H2,1H3,(H,13,14). The van der Waals surface area contributed by atoms with Crippen LogP contribution in [0.25, 0.3) is 0 Å². The summed E-state index contributed by atoms with van der Waals surface area (Å²) in [5.74, 6) is 1.06. The fourth-order valence-electron chi connectivity index (χ4n) is 1.97. The van der Waals surface area contributed by atoms with E-state index in [4.69, 9.17) is 0 Å². The average molecular weight is 222 g/mol. The van der Waals surface area contributed by atoms with Gasteiger partial charge < -0.3 is 5.32 Å². The van der Waals surface area contributed by atoms with Crippen LogP contribution in [-0.4, -0.2) is 17.3 Å². The summed E-state index contributed by atoms with van der Waals surface area (Å²) < 4.78 is 0. The lowest BCUT2D eigenvalue weighted by atomic mass is 10.3. The number of anilines is 1. The maximum Gasteiger partial charge on any atom is 0.0523 e. The minimum Gasteiger partial charge on any atom is -0.388 e. The Morgan fingerprint density at radius 3 is 3.00 bits per heavy atom. The highest BCUT2D eigenvalue weighted by Crippen LogP contribution is 2.31. The predicted molar refractivity (Wildman–Crippen MR) is 67.3 cm³/mol. The maximum absolute atomic E-state index is 4.39. The van der Waals surface area contributed by atoms with E-state index in [2.05, 4.69) is 28.1 Å².